The maximum absolute atomic E-state index is 12.6. The van der Waals surface area contributed by atoms with E-state index in [2.05, 4.69) is 20.2 Å². The third kappa shape index (κ3) is 5.21. The lowest BCUT2D eigenvalue weighted by Gasteiger charge is -2.34. The molecule has 3 heterocycles. The number of hydrogen-bond acceptors (Lipinski definition) is 7. The minimum atomic E-state index is -4.48. The highest BCUT2D eigenvalue weighted by molar-refractivity contribution is 5.86. The molecule has 12 heteroatoms. The van der Waals surface area contributed by atoms with Crippen molar-refractivity contribution < 1.29 is 22.7 Å². The summed E-state index contributed by atoms with van der Waals surface area (Å²) < 4.78 is 43.7. The monoisotopic (exact) mass is 462 g/mol. The molecule has 0 atom stereocenters. The zero-order valence-electron chi connectivity index (χ0n) is 17.5. The average molecular weight is 462 g/mol. The van der Waals surface area contributed by atoms with Gasteiger partial charge in [0.15, 0.2) is 0 Å². The van der Waals surface area contributed by atoms with Gasteiger partial charge in [-0.15, -0.1) is 0 Å². The zero-order chi connectivity index (χ0) is 23.4. The summed E-state index contributed by atoms with van der Waals surface area (Å²) in [5.74, 6) is 0.721. The van der Waals surface area contributed by atoms with Crippen LogP contribution in [0.25, 0.3) is 10.8 Å². The van der Waals surface area contributed by atoms with Crippen LogP contribution in [0.4, 0.5) is 19.1 Å². The summed E-state index contributed by atoms with van der Waals surface area (Å²) in [5, 5.41) is 7.25. The first-order valence-corrected chi connectivity index (χ1v) is 10.3. The number of amides is 1. The van der Waals surface area contributed by atoms with Crippen molar-refractivity contribution in [3.63, 3.8) is 0 Å². The lowest BCUT2D eigenvalue weighted by molar-refractivity contribution is -0.138. The summed E-state index contributed by atoms with van der Waals surface area (Å²) in [4.78, 5) is 35.4. The van der Waals surface area contributed by atoms with Crippen LogP contribution in [-0.4, -0.2) is 63.8 Å². The summed E-state index contributed by atoms with van der Waals surface area (Å²) in [6.45, 7) is 2.04. The van der Waals surface area contributed by atoms with E-state index in [1.54, 1.807) is 28.0 Å². The third-order valence-electron chi connectivity index (χ3n) is 5.34. The maximum atomic E-state index is 12.6. The summed E-state index contributed by atoms with van der Waals surface area (Å²) in [7, 11) is 0. The smallest absolute Gasteiger partial charge is 0.419 e. The molecule has 3 aromatic rings. The van der Waals surface area contributed by atoms with Crippen molar-refractivity contribution in [2.24, 2.45) is 0 Å². The van der Waals surface area contributed by atoms with Gasteiger partial charge in [-0.2, -0.15) is 18.3 Å². The van der Waals surface area contributed by atoms with Gasteiger partial charge in [0, 0.05) is 50.4 Å². The Morgan fingerprint density at radius 1 is 1.06 bits per heavy atom. The van der Waals surface area contributed by atoms with Gasteiger partial charge >= 0.3 is 6.18 Å². The molecule has 4 rings (SSSR count). The molecule has 0 bridgehead atoms. The van der Waals surface area contributed by atoms with E-state index in [1.165, 1.54) is 6.20 Å². The molecule has 9 nitrogen and oxygen atoms in total. The average Bonchev–Trinajstić information content (AvgIpc) is 2.82. The van der Waals surface area contributed by atoms with Crippen LogP contribution in [-0.2, 0) is 11.0 Å². The van der Waals surface area contributed by atoms with E-state index in [9.17, 15) is 22.8 Å². The number of fused-ring (bicyclic) bond motifs is 1. The molecule has 1 N–H and O–H groups in total. The van der Waals surface area contributed by atoms with Crippen LogP contribution in [0.2, 0.25) is 0 Å². The molecule has 0 radical (unpaired) electrons. The number of piperazine rings is 1. The Balaban J connectivity index is 1.23. The molecule has 0 saturated carbocycles. The first-order valence-electron chi connectivity index (χ1n) is 10.3. The lowest BCUT2D eigenvalue weighted by Crippen LogP contribution is -2.49. The highest BCUT2D eigenvalue weighted by atomic mass is 19.4. The Morgan fingerprint density at radius 3 is 2.48 bits per heavy atom. The van der Waals surface area contributed by atoms with Crippen molar-refractivity contribution in [2.75, 3.05) is 37.7 Å². The Kier molecular flexibility index (Phi) is 6.43. The quantitative estimate of drug-likeness (QED) is 0.561. The number of alkyl halides is 3. The number of H-pyrrole nitrogens is 1. The van der Waals surface area contributed by atoms with Gasteiger partial charge in [-0.25, -0.2) is 15.1 Å². The van der Waals surface area contributed by atoms with Gasteiger partial charge in [0.2, 0.25) is 11.9 Å². The number of aromatic amines is 1. The van der Waals surface area contributed by atoms with Crippen LogP contribution in [0.5, 0.6) is 5.75 Å². The van der Waals surface area contributed by atoms with Crippen LogP contribution >= 0.6 is 0 Å². The van der Waals surface area contributed by atoms with Crippen molar-refractivity contribution >= 4 is 22.6 Å². The number of carbonyl (C=O) groups excluding carboxylic acids is 1. The Morgan fingerprint density at radius 2 is 1.79 bits per heavy atom. The van der Waals surface area contributed by atoms with Crippen LogP contribution in [0.1, 0.15) is 18.4 Å². The number of nitrogens with zero attached hydrogens (tertiary/aromatic N) is 5. The molecule has 0 unspecified atom stereocenters. The van der Waals surface area contributed by atoms with Gasteiger partial charge in [0.25, 0.3) is 5.56 Å². The number of ether oxygens (including phenoxy) is 1. The molecule has 0 aliphatic carbocycles. The van der Waals surface area contributed by atoms with Crippen molar-refractivity contribution in [2.45, 2.75) is 19.0 Å². The van der Waals surface area contributed by atoms with E-state index < -0.39 is 11.7 Å². The molecule has 33 heavy (non-hydrogen) atoms. The SMILES string of the molecule is O=C(CCCOc1cccc2c(=O)[nH]ncc12)N1CCN(c2ncc(C(F)(F)F)cn2)CC1. The summed E-state index contributed by atoms with van der Waals surface area (Å²) in [5.41, 5.74) is -1.19. The normalized spacial score (nSPS) is 14.5. The Hall–Kier alpha value is -3.70. The molecule has 174 valence electrons. The number of carbonyl (C=O) groups is 1. The fourth-order valence-corrected chi connectivity index (χ4v) is 3.57. The number of anilines is 1. The molecule has 1 fully saturated rings. The fourth-order valence-electron chi connectivity index (χ4n) is 3.57. The van der Waals surface area contributed by atoms with E-state index in [1.807, 2.05) is 0 Å². The van der Waals surface area contributed by atoms with Crippen molar-refractivity contribution in [1.29, 1.82) is 0 Å². The number of aromatic nitrogens is 4. The van der Waals surface area contributed by atoms with Gasteiger partial charge in [0.1, 0.15) is 5.75 Å². The first-order chi connectivity index (χ1) is 15.8. The second-order valence-electron chi connectivity index (χ2n) is 7.51. The largest absolute Gasteiger partial charge is 0.493 e. The molecule has 1 aromatic carbocycles. The predicted molar refractivity (Wildman–Crippen MR) is 113 cm³/mol. The summed E-state index contributed by atoms with van der Waals surface area (Å²) >= 11 is 0. The highest BCUT2D eigenvalue weighted by Gasteiger charge is 2.32. The van der Waals surface area contributed by atoms with Crippen molar-refractivity contribution in [3.05, 3.63) is 52.7 Å². The number of benzene rings is 1. The molecule has 2 aromatic heterocycles. The molecule has 1 amide bonds. The third-order valence-corrected chi connectivity index (χ3v) is 5.34. The molecular weight excluding hydrogens is 441 g/mol. The van der Waals surface area contributed by atoms with E-state index in [4.69, 9.17) is 4.74 Å². The van der Waals surface area contributed by atoms with E-state index in [0.717, 1.165) is 12.4 Å². The van der Waals surface area contributed by atoms with Crippen LogP contribution in [0.15, 0.2) is 41.6 Å². The topological polar surface area (TPSA) is 104 Å². The van der Waals surface area contributed by atoms with Gasteiger partial charge in [-0.1, -0.05) is 6.07 Å². The number of halogens is 3. The maximum Gasteiger partial charge on any atom is 0.419 e. The Bertz CT molecular complexity index is 1170. The van der Waals surface area contributed by atoms with Crippen molar-refractivity contribution in [3.8, 4) is 5.75 Å². The minimum Gasteiger partial charge on any atom is -0.493 e. The number of hydrogen-bond donors (Lipinski definition) is 1. The number of nitrogens with one attached hydrogen (secondary N) is 1. The van der Waals surface area contributed by atoms with E-state index >= 15 is 0 Å². The van der Waals surface area contributed by atoms with Gasteiger partial charge in [-0.05, 0) is 18.6 Å². The molecule has 1 aliphatic rings. The van der Waals surface area contributed by atoms with Crippen LogP contribution in [0, 0.1) is 0 Å². The molecular formula is C21H21F3N6O3. The number of rotatable bonds is 6. The zero-order valence-corrected chi connectivity index (χ0v) is 17.5. The standard InChI is InChI=1S/C21H21F3N6O3/c22-21(23,24)14-11-25-20(26-12-14)30-8-6-29(7-9-30)18(31)5-2-10-33-17-4-1-3-15-16(17)13-27-28-19(15)32/h1,3-4,11-13H,2,5-10H2,(H,28,32). The molecule has 0 spiro atoms. The Labute approximate surface area is 186 Å². The summed E-state index contributed by atoms with van der Waals surface area (Å²) in [6.07, 6.45) is -0.634. The first kappa shape index (κ1) is 22.5. The molecule has 1 saturated heterocycles. The van der Waals surface area contributed by atoms with E-state index in [0.29, 0.717) is 62.1 Å². The minimum absolute atomic E-state index is 0.0254. The van der Waals surface area contributed by atoms with Gasteiger partial charge in [-0.3, -0.25) is 9.59 Å². The summed E-state index contributed by atoms with van der Waals surface area (Å²) in [6, 6.07) is 5.15. The lowest BCUT2D eigenvalue weighted by atomic mass is 10.2. The second-order valence-corrected chi connectivity index (χ2v) is 7.51. The highest BCUT2D eigenvalue weighted by Crippen LogP contribution is 2.28. The second kappa shape index (κ2) is 9.43. The van der Waals surface area contributed by atoms with Gasteiger partial charge in [0.05, 0.1) is 23.8 Å². The van der Waals surface area contributed by atoms with E-state index in [-0.39, 0.29) is 17.4 Å². The van der Waals surface area contributed by atoms with Gasteiger partial charge < -0.3 is 14.5 Å². The fraction of sp³-hybridized carbons (Fsp3) is 0.381. The van der Waals surface area contributed by atoms with Crippen molar-refractivity contribution in [1.82, 2.24) is 25.1 Å². The predicted octanol–water partition coefficient (Wildman–Crippen LogP) is 2.24. The molecule has 1 aliphatic heterocycles. The van der Waals surface area contributed by atoms with Crippen LogP contribution < -0.4 is 15.2 Å². The van der Waals surface area contributed by atoms with Crippen LogP contribution in [0.3, 0.4) is 0 Å².